The van der Waals surface area contributed by atoms with Gasteiger partial charge in [0.05, 0.1) is 5.56 Å². The van der Waals surface area contributed by atoms with E-state index in [2.05, 4.69) is 4.98 Å². The van der Waals surface area contributed by atoms with E-state index in [9.17, 15) is 18.0 Å². The molecular formula is C24H18F3NO4S. The minimum atomic E-state index is -4.40. The van der Waals surface area contributed by atoms with Crippen LogP contribution in [0.15, 0.2) is 70.0 Å². The molecule has 5 nitrogen and oxygen atoms in total. The van der Waals surface area contributed by atoms with Crippen LogP contribution in [0, 0.1) is 6.92 Å². The summed E-state index contributed by atoms with van der Waals surface area (Å²) in [4.78, 5) is 16.2. The number of carboxylic acid groups (broad SMARTS) is 1. The second-order valence-electron chi connectivity index (χ2n) is 7.26. The lowest BCUT2D eigenvalue weighted by Gasteiger charge is -2.09. The standard InChI is InChI=1S/C24H18F3NO4S/c1-14-11-18(9-10-19(14)31-12-21(29)30)33-13-16-3-2-4-20-22(16)28-23(32-20)15-5-7-17(8-6-15)24(25,26)27/h2-11H,12-13H2,1H3,(H,29,30). The maximum absolute atomic E-state index is 12.8. The SMILES string of the molecule is Cc1cc(SCc2cccc3oc(-c4ccc(C(F)(F)F)cc4)nc23)ccc1OCC(=O)O. The number of ether oxygens (including phenoxy) is 1. The van der Waals surface area contributed by atoms with Crippen LogP contribution >= 0.6 is 11.8 Å². The van der Waals surface area contributed by atoms with E-state index in [0.717, 1.165) is 28.2 Å². The van der Waals surface area contributed by atoms with Crippen LogP contribution in [0.4, 0.5) is 13.2 Å². The lowest BCUT2D eigenvalue weighted by molar-refractivity contribution is -0.139. The van der Waals surface area contributed by atoms with Crippen LogP contribution in [0.25, 0.3) is 22.6 Å². The van der Waals surface area contributed by atoms with Crippen LogP contribution in [-0.2, 0) is 16.7 Å². The van der Waals surface area contributed by atoms with Gasteiger partial charge in [0.2, 0.25) is 5.89 Å². The number of aromatic nitrogens is 1. The molecule has 0 fully saturated rings. The summed E-state index contributed by atoms with van der Waals surface area (Å²) in [6, 6.07) is 15.7. The predicted octanol–water partition coefficient (Wildman–Crippen LogP) is 6.58. The lowest BCUT2D eigenvalue weighted by atomic mass is 10.1. The minimum Gasteiger partial charge on any atom is -0.482 e. The van der Waals surface area contributed by atoms with Crippen molar-refractivity contribution in [3.05, 3.63) is 77.4 Å². The van der Waals surface area contributed by atoms with Crippen LogP contribution in [0.5, 0.6) is 5.75 Å². The maximum Gasteiger partial charge on any atom is 0.416 e. The number of carbonyl (C=O) groups is 1. The van der Waals surface area contributed by atoms with Crippen molar-refractivity contribution < 1.29 is 32.2 Å². The fourth-order valence-electron chi connectivity index (χ4n) is 3.22. The van der Waals surface area contributed by atoms with E-state index in [4.69, 9.17) is 14.3 Å². The molecule has 3 aromatic carbocycles. The second-order valence-corrected chi connectivity index (χ2v) is 8.31. The van der Waals surface area contributed by atoms with Gasteiger partial charge in [-0.25, -0.2) is 9.78 Å². The number of fused-ring (bicyclic) bond motifs is 1. The third-order valence-electron chi connectivity index (χ3n) is 4.85. The molecule has 0 saturated carbocycles. The van der Waals surface area contributed by atoms with E-state index >= 15 is 0 Å². The first-order valence-corrected chi connectivity index (χ1v) is 10.8. The Bertz CT molecular complexity index is 1300. The van der Waals surface area contributed by atoms with Crippen LogP contribution in [0.3, 0.4) is 0 Å². The highest BCUT2D eigenvalue weighted by Gasteiger charge is 2.30. The van der Waals surface area contributed by atoms with Gasteiger partial charge in [0.25, 0.3) is 0 Å². The molecule has 4 rings (SSSR count). The van der Waals surface area contributed by atoms with Gasteiger partial charge in [-0.05, 0) is 66.6 Å². The molecule has 0 radical (unpaired) electrons. The molecule has 4 aromatic rings. The number of hydrogen-bond acceptors (Lipinski definition) is 5. The molecule has 0 atom stereocenters. The molecule has 0 aliphatic carbocycles. The second kappa shape index (κ2) is 9.19. The van der Waals surface area contributed by atoms with Crippen molar-refractivity contribution in [2.24, 2.45) is 0 Å². The number of rotatable bonds is 7. The molecule has 33 heavy (non-hydrogen) atoms. The fraction of sp³-hybridized carbons (Fsp3) is 0.167. The number of alkyl halides is 3. The third kappa shape index (κ3) is 5.31. The van der Waals surface area contributed by atoms with Gasteiger partial charge >= 0.3 is 12.1 Å². The Labute approximate surface area is 191 Å². The van der Waals surface area contributed by atoms with Crippen LogP contribution in [0.1, 0.15) is 16.7 Å². The van der Waals surface area contributed by atoms with Gasteiger partial charge in [0.15, 0.2) is 12.2 Å². The van der Waals surface area contributed by atoms with Crippen molar-refractivity contribution in [2.75, 3.05) is 6.61 Å². The van der Waals surface area contributed by atoms with E-state index in [0.29, 0.717) is 28.2 Å². The number of benzene rings is 3. The van der Waals surface area contributed by atoms with E-state index < -0.39 is 24.3 Å². The Morgan fingerprint density at radius 1 is 1.12 bits per heavy atom. The van der Waals surface area contributed by atoms with Crippen molar-refractivity contribution in [1.29, 1.82) is 0 Å². The molecular weight excluding hydrogens is 455 g/mol. The van der Waals surface area contributed by atoms with Crippen LogP contribution in [0.2, 0.25) is 0 Å². The summed E-state index contributed by atoms with van der Waals surface area (Å²) >= 11 is 1.57. The van der Waals surface area contributed by atoms with Gasteiger partial charge in [-0.1, -0.05) is 12.1 Å². The maximum atomic E-state index is 12.8. The molecule has 0 aliphatic rings. The molecule has 0 aliphatic heterocycles. The van der Waals surface area contributed by atoms with E-state index in [1.165, 1.54) is 12.1 Å². The van der Waals surface area contributed by atoms with Crippen molar-refractivity contribution in [1.82, 2.24) is 4.98 Å². The number of nitrogens with zero attached hydrogens (tertiary/aromatic N) is 1. The lowest BCUT2D eigenvalue weighted by Crippen LogP contribution is -2.09. The van der Waals surface area contributed by atoms with Crippen LogP contribution in [-0.4, -0.2) is 22.7 Å². The summed E-state index contributed by atoms with van der Waals surface area (Å²) in [5.74, 6) is 0.322. The van der Waals surface area contributed by atoms with Gasteiger partial charge in [-0.3, -0.25) is 0 Å². The molecule has 0 amide bonds. The molecule has 0 bridgehead atoms. The van der Waals surface area contributed by atoms with E-state index in [1.54, 1.807) is 23.9 Å². The number of thioether (sulfide) groups is 1. The zero-order chi connectivity index (χ0) is 23.6. The highest BCUT2D eigenvalue weighted by atomic mass is 32.2. The van der Waals surface area contributed by atoms with Crippen molar-refractivity contribution in [3.63, 3.8) is 0 Å². The number of aryl methyl sites for hydroxylation is 1. The van der Waals surface area contributed by atoms with E-state index in [1.807, 2.05) is 31.2 Å². The zero-order valence-electron chi connectivity index (χ0n) is 17.3. The number of para-hydroxylation sites is 1. The van der Waals surface area contributed by atoms with E-state index in [-0.39, 0.29) is 5.89 Å². The molecule has 1 heterocycles. The first-order chi connectivity index (χ1) is 15.7. The van der Waals surface area contributed by atoms with Gasteiger partial charge < -0.3 is 14.3 Å². The smallest absolute Gasteiger partial charge is 0.416 e. The topological polar surface area (TPSA) is 72.6 Å². The van der Waals surface area contributed by atoms with Gasteiger partial charge in [0.1, 0.15) is 11.3 Å². The molecule has 9 heteroatoms. The number of carboxylic acids is 1. The summed E-state index contributed by atoms with van der Waals surface area (Å²) in [5.41, 5.74) is 2.68. The molecule has 0 spiro atoms. The zero-order valence-corrected chi connectivity index (χ0v) is 18.2. The third-order valence-corrected chi connectivity index (χ3v) is 5.90. The molecule has 1 aromatic heterocycles. The Morgan fingerprint density at radius 3 is 2.55 bits per heavy atom. The predicted molar refractivity (Wildman–Crippen MR) is 118 cm³/mol. The quantitative estimate of drug-likeness (QED) is 0.306. The fourth-order valence-corrected chi connectivity index (χ4v) is 4.20. The number of oxazole rings is 1. The van der Waals surface area contributed by atoms with Crippen LogP contribution < -0.4 is 4.74 Å². The molecule has 170 valence electrons. The monoisotopic (exact) mass is 473 g/mol. The summed E-state index contributed by atoms with van der Waals surface area (Å²) in [5, 5.41) is 8.75. The first kappa shape index (κ1) is 22.7. The Morgan fingerprint density at radius 2 is 1.88 bits per heavy atom. The van der Waals surface area contributed by atoms with Gasteiger partial charge in [0, 0.05) is 16.2 Å². The summed E-state index contributed by atoms with van der Waals surface area (Å²) in [6.45, 7) is 1.44. The molecule has 0 unspecified atom stereocenters. The highest BCUT2D eigenvalue weighted by Crippen LogP contribution is 2.34. The van der Waals surface area contributed by atoms with Crippen molar-refractivity contribution >= 4 is 28.8 Å². The number of halogens is 3. The number of hydrogen-bond donors (Lipinski definition) is 1. The molecule has 0 saturated heterocycles. The molecule has 1 N–H and O–H groups in total. The Balaban J connectivity index is 1.52. The van der Waals surface area contributed by atoms with Gasteiger partial charge in [-0.2, -0.15) is 13.2 Å². The Hall–Kier alpha value is -3.46. The van der Waals surface area contributed by atoms with Crippen molar-refractivity contribution in [3.8, 4) is 17.2 Å². The first-order valence-electron chi connectivity index (χ1n) is 9.85. The largest absolute Gasteiger partial charge is 0.482 e. The minimum absolute atomic E-state index is 0.256. The summed E-state index contributed by atoms with van der Waals surface area (Å²) < 4.78 is 49.5. The normalized spacial score (nSPS) is 11.6. The average Bonchev–Trinajstić information content (AvgIpc) is 3.21. The number of aliphatic carboxylic acids is 1. The highest BCUT2D eigenvalue weighted by molar-refractivity contribution is 7.98. The average molecular weight is 473 g/mol. The van der Waals surface area contributed by atoms with Crippen molar-refractivity contribution in [2.45, 2.75) is 23.7 Å². The summed E-state index contributed by atoms with van der Waals surface area (Å²) in [7, 11) is 0. The van der Waals surface area contributed by atoms with Gasteiger partial charge in [-0.15, -0.1) is 11.8 Å². The summed E-state index contributed by atoms with van der Waals surface area (Å²) in [6.07, 6.45) is -4.40. The Kier molecular flexibility index (Phi) is 6.33.